The molecule has 2 rings (SSSR count). The summed E-state index contributed by atoms with van der Waals surface area (Å²) in [5, 5.41) is 7.00. The summed E-state index contributed by atoms with van der Waals surface area (Å²) in [6, 6.07) is 4.08. The van der Waals surface area contributed by atoms with Crippen LogP contribution >= 0.6 is 11.6 Å². The van der Waals surface area contributed by atoms with Crippen molar-refractivity contribution < 1.29 is 9.18 Å². The molecular formula is C15H15ClFN3O. The molecule has 0 saturated carbocycles. The normalized spacial score (nSPS) is 11.1. The van der Waals surface area contributed by atoms with Gasteiger partial charge in [-0.2, -0.15) is 5.10 Å². The number of nitrogens with zero attached hydrogens (tertiary/aromatic N) is 2. The first-order valence-corrected chi connectivity index (χ1v) is 6.70. The molecule has 1 heterocycles. The molecule has 1 aromatic carbocycles. The van der Waals surface area contributed by atoms with E-state index >= 15 is 0 Å². The van der Waals surface area contributed by atoms with Gasteiger partial charge in [0.1, 0.15) is 5.82 Å². The first-order chi connectivity index (χ1) is 9.88. The fourth-order valence-corrected chi connectivity index (χ4v) is 2.11. The summed E-state index contributed by atoms with van der Waals surface area (Å²) in [4.78, 5) is 11.8. The molecule has 2 aromatic rings. The predicted octanol–water partition coefficient (Wildman–Crippen LogP) is 3.48. The van der Waals surface area contributed by atoms with Gasteiger partial charge in [0.05, 0.1) is 11.4 Å². The Morgan fingerprint density at radius 2 is 2.14 bits per heavy atom. The van der Waals surface area contributed by atoms with Crippen LogP contribution in [0.25, 0.3) is 6.08 Å². The Balaban J connectivity index is 2.13. The van der Waals surface area contributed by atoms with Gasteiger partial charge in [0, 0.05) is 29.4 Å². The van der Waals surface area contributed by atoms with Crippen LogP contribution in [0.5, 0.6) is 0 Å². The number of anilines is 1. The number of halogens is 2. The second kappa shape index (κ2) is 6.10. The van der Waals surface area contributed by atoms with E-state index in [1.54, 1.807) is 10.8 Å². The first kappa shape index (κ1) is 15.3. The van der Waals surface area contributed by atoms with Gasteiger partial charge in [0.25, 0.3) is 0 Å². The van der Waals surface area contributed by atoms with E-state index in [0.717, 1.165) is 23.0 Å². The van der Waals surface area contributed by atoms with E-state index in [9.17, 15) is 9.18 Å². The van der Waals surface area contributed by atoms with E-state index in [1.807, 2.05) is 20.9 Å². The number of hydrogen-bond acceptors (Lipinski definition) is 2. The summed E-state index contributed by atoms with van der Waals surface area (Å²) in [5.74, 6) is -0.989. The van der Waals surface area contributed by atoms with Crippen LogP contribution in [0.1, 0.15) is 17.0 Å². The lowest BCUT2D eigenvalue weighted by Gasteiger charge is -2.03. The van der Waals surface area contributed by atoms with Crippen LogP contribution in [0.3, 0.4) is 0 Å². The van der Waals surface area contributed by atoms with Crippen LogP contribution in [0.4, 0.5) is 10.1 Å². The number of nitrogens with one attached hydrogen (secondary N) is 1. The van der Waals surface area contributed by atoms with Gasteiger partial charge in [-0.3, -0.25) is 9.48 Å². The average molecular weight is 308 g/mol. The van der Waals surface area contributed by atoms with E-state index in [-0.39, 0.29) is 10.7 Å². The highest BCUT2D eigenvalue weighted by Crippen LogP contribution is 2.19. The van der Waals surface area contributed by atoms with Crippen molar-refractivity contribution in [2.24, 2.45) is 7.05 Å². The Labute approximate surface area is 127 Å². The Morgan fingerprint density at radius 1 is 1.43 bits per heavy atom. The van der Waals surface area contributed by atoms with Crippen molar-refractivity contribution in [2.45, 2.75) is 13.8 Å². The monoisotopic (exact) mass is 307 g/mol. The highest BCUT2D eigenvalue weighted by molar-refractivity contribution is 6.30. The smallest absolute Gasteiger partial charge is 0.248 e. The number of carbonyl (C=O) groups is 1. The van der Waals surface area contributed by atoms with E-state index in [1.165, 1.54) is 18.2 Å². The molecule has 21 heavy (non-hydrogen) atoms. The third kappa shape index (κ3) is 3.49. The molecule has 1 aromatic heterocycles. The summed E-state index contributed by atoms with van der Waals surface area (Å²) in [5.41, 5.74) is 2.75. The molecule has 0 aliphatic rings. The number of aryl methyl sites for hydroxylation is 2. The fraction of sp³-hybridized carbons (Fsp3) is 0.200. The first-order valence-electron chi connectivity index (χ1n) is 6.33. The van der Waals surface area contributed by atoms with Crippen LogP contribution in [0, 0.1) is 19.7 Å². The van der Waals surface area contributed by atoms with Gasteiger partial charge in [-0.25, -0.2) is 4.39 Å². The highest BCUT2D eigenvalue weighted by Gasteiger charge is 2.08. The molecule has 110 valence electrons. The lowest BCUT2D eigenvalue weighted by atomic mass is 10.2. The summed E-state index contributed by atoms with van der Waals surface area (Å²) >= 11 is 5.66. The van der Waals surface area contributed by atoms with Crippen LogP contribution in [0.15, 0.2) is 24.3 Å². The van der Waals surface area contributed by atoms with E-state index < -0.39 is 11.7 Å². The minimum atomic E-state index is -0.571. The van der Waals surface area contributed by atoms with Crippen LogP contribution in [-0.4, -0.2) is 15.7 Å². The molecule has 0 aliphatic carbocycles. The van der Waals surface area contributed by atoms with E-state index in [2.05, 4.69) is 10.4 Å². The molecule has 0 bridgehead atoms. The van der Waals surface area contributed by atoms with Gasteiger partial charge in [-0.1, -0.05) is 11.6 Å². The lowest BCUT2D eigenvalue weighted by Crippen LogP contribution is -2.09. The molecule has 0 spiro atoms. The van der Waals surface area contributed by atoms with Gasteiger partial charge in [0.15, 0.2) is 0 Å². The van der Waals surface area contributed by atoms with Crippen molar-refractivity contribution in [3.8, 4) is 0 Å². The number of carbonyl (C=O) groups excluding carboxylic acids is 1. The Kier molecular flexibility index (Phi) is 4.43. The zero-order valence-electron chi connectivity index (χ0n) is 11.9. The molecule has 0 radical (unpaired) electrons. The number of hydrogen-bond donors (Lipinski definition) is 1. The fourth-order valence-electron chi connectivity index (χ4n) is 1.96. The molecule has 0 saturated heterocycles. The van der Waals surface area contributed by atoms with E-state index in [4.69, 9.17) is 11.6 Å². The van der Waals surface area contributed by atoms with Crippen molar-refractivity contribution in [3.05, 3.63) is 52.1 Å². The SMILES string of the molecule is Cc1nn(C)c(C)c1/C=C/C(=O)Nc1ccc(Cl)cc1F. The van der Waals surface area contributed by atoms with Crippen molar-refractivity contribution in [3.63, 3.8) is 0 Å². The third-order valence-corrected chi connectivity index (χ3v) is 3.39. The second-order valence-corrected chi connectivity index (χ2v) is 5.09. The molecule has 0 atom stereocenters. The van der Waals surface area contributed by atoms with Gasteiger partial charge >= 0.3 is 0 Å². The zero-order chi connectivity index (χ0) is 15.6. The summed E-state index contributed by atoms with van der Waals surface area (Å²) < 4.78 is 15.3. The van der Waals surface area contributed by atoms with Crippen LogP contribution in [0.2, 0.25) is 5.02 Å². The van der Waals surface area contributed by atoms with Gasteiger partial charge in [-0.05, 0) is 38.1 Å². The van der Waals surface area contributed by atoms with Gasteiger partial charge in [-0.15, -0.1) is 0 Å². The number of benzene rings is 1. The number of rotatable bonds is 3. The molecular weight excluding hydrogens is 293 g/mol. The minimum absolute atomic E-state index is 0.0914. The summed E-state index contributed by atoms with van der Waals surface area (Å²) in [6.07, 6.45) is 3.02. The third-order valence-electron chi connectivity index (χ3n) is 3.16. The second-order valence-electron chi connectivity index (χ2n) is 4.65. The van der Waals surface area contributed by atoms with Crippen LogP contribution < -0.4 is 5.32 Å². The average Bonchev–Trinajstić information content (AvgIpc) is 2.65. The molecule has 1 amide bonds. The highest BCUT2D eigenvalue weighted by atomic mass is 35.5. The standard InChI is InChI=1S/C15H15ClFN3O/c1-9-12(10(2)20(3)19-9)5-7-15(21)18-14-6-4-11(16)8-13(14)17/h4-8H,1-3H3,(H,18,21)/b7-5+. The number of aromatic nitrogens is 2. The quantitative estimate of drug-likeness (QED) is 0.882. The molecule has 6 heteroatoms. The zero-order valence-corrected chi connectivity index (χ0v) is 12.7. The minimum Gasteiger partial charge on any atom is -0.320 e. The van der Waals surface area contributed by atoms with Gasteiger partial charge in [0.2, 0.25) is 5.91 Å². The largest absolute Gasteiger partial charge is 0.320 e. The van der Waals surface area contributed by atoms with Crippen LogP contribution in [-0.2, 0) is 11.8 Å². The van der Waals surface area contributed by atoms with Crippen molar-refractivity contribution in [2.75, 3.05) is 5.32 Å². The number of amides is 1. The predicted molar refractivity (Wildman–Crippen MR) is 81.8 cm³/mol. The maximum Gasteiger partial charge on any atom is 0.248 e. The Hall–Kier alpha value is -2.14. The summed E-state index contributed by atoms with van der Waals surface area (Å²) in [7, 11) is 1.84. The molecule has 0 unspecified atom stereocenters. The molecule has 1 N–H and O–H groups in total. The van der Waals surface area contributed by atoms with Crippen molar-refractivity contribution in [1.82, 2.24) is 9.78 Å². The van der Waals surface area contributed by atoms with Gasteiger partial charge < -0.3 is 5.32 Å². The molecule has 0 fully saturated rings. The lowest BCUT2D eigenvalue weighted by molar-refractivity contribution is -0.111. The topological polar surface area (TPSA) is 46.9 Å². The molecule has 4 nitrogen and oxygen atoms in total. The van der Waals surface area contributed by atoms with E-state index in [0.29, 0.717) is 0 Å². The van der Waals surface area contributed by atoms with Crippen molar-refractivity contribution in [1.29, 1.82) is 0 Å². The summed E-state index contributed by atoms with van der Waals surface area (Å²) in [6.45, 7) is 3.78. The Morgan fingerprint density at radius 3 is 2.71 bits per heavy atom. The maximum atomic E-state index is 13.6. The Bertz CT molecular complexity index is 722. The maximum absolute atomic E-state index is 13.6. The molecule has 0 aliphatic heterocycles. The van der Waals surface area contributed by atoms with Crippen molar-refractivity contribution >= 4 is 29.3 Å².